The molecule has 3 N–H and O–H groups in total. The van der Waals surface area contributed by atoms with E-state index >= 15 is 0 Å². The van der Waals surface area contributed by atoms with E-state index in [9.17, 15) is 9.18 Å². The number of hydrogen-bond acceptors (Lipinski definition) is 6. The molecule has 0 bridgehead atoms. The van der Waals surface area contributed by atoms with Gasteiger partial charge in [0.25, 0.3) is 0 Å². The Morgan fingerprint density at radius 3 is 3.00 bits per heavy atom. The molecule has 0 saturated carbocycles. The number of nitrogens with one attached hydrogen (secondary N) is 1. The zero-order valence-corrected chi connectivity index (χ0v) is 15.4. The maximum Gasteiger partial charge on any atom is 0.250 e. The van der Waals surface area contributed by atoms with Crippen LogP contribution in [0.1, 0.15) is 12.0 Å². The Kier molecular flexibility index (Phi) is 3.90. The highest BCUT2D eigenvalue weighted by Crippen LogP contribution is 2.49. The minimum Gasteiger partial charge on any atom is -0.489 e. The summed E-state index contributed by atoms with van der Waals surface area (Å²) in [7, 11) is 1.67. The van der Waals surface area contributed by atoms with Gasteiger partial charge in [0.1, 0.15) is 23.7 Å². The van der Waals surface area contributed by atoms with Gasteiger partial charge in [-0.15, -0.1) is 0 Å². The molecule has 5 rings (SSSR count). The van der Waals surface area contributed by atoms with Crippen LogP contribution < -0.4 is 15.8 Å². The molecule has 3 aliphatic heterocycles. The van der Waals surface area contributed by atoms with Gasteiger partial charge in [-0.2, -0.15) is 4.39 Å². The zero-order chi connectivity index (χ0) is 19.5. The number of rotatable bonds is 1. The molecule has 146 valence electrons. The van der Waals surface area contributed by atoms with E-state index in [0.717, 1.165) is 0 Å². The van der Waals surface area contributed by atoms with Crippen molar-refractivity contribution in [1.29, 1.82) is 0 Å². The fourth-order valence-corrected chi connectivity index (χ4v) is 4.59. The second-order valence-corrected chi connectivity index (χ2v) is 7.49. The number of aromatic nitrogens is 1. The number of benzene rings is 1. The van der Waals surface area contributed by atoms with Crippen LogP contribution in [0.4, 0.5) is 4.39 Å². The first kappa shape index (κ1) is 17.5. The van der Waals surface area contributed by atoms with Crippen molar-refractivity contribution in [3.63, 3.8) is 0 Å². The van der Waals surface area contributed by atoms with Crippen LogP contribution in [0.15, 0.2) is 36.5 Å². The Morgan fingerprint density at radius 1 is 1.39 bits per heavy atom. The maximum absolute atomic E-state index is 14.3. The SMILES string of the molecule is CN1C(=O)[C@]2(NC1N)c1cc(-c3cccnc3F)ccc1O[C@H]1CCOC[C@@H]12. The minimum absolute atomic E-state index is 0.131. The smallest absolute Gasteiger partial charge is 0.250 e. The van der Waals surface area contributed by atoms with E-state index in [-0.39, 0.29) is 17.9 Å². The third-order valence-corrected chi connectivity index (χ3v) is 6.05. The molecular weight excluding hydrogens is 363 g/mol. The summed E-state index contributed by atoms with van der Waals surface area (Å²) in [6.45, 7) is 0.969. The number of ether oxygens (including phenoxy) is 2. The van der Waals surface area contributed by atoms with Crippen LogP contribution in [0.2, 0.25) is 0 Å². The largest absolute Gasteiger partial charge is 0.489 e. The normalized spacial score (nSPS) is 31.5. The van der Waals surface area contributed by atoms with E-state index in [4.69, 9.17) is 15.2 Å². The first-order valence-electron chi connectivity index (χ1n) is 9.32. The summed E-state index contributed by atoms with van der Waals surface area (Å²) < 4.78 is 26.2. The number of carbonyl (C=O) groups excluding carboxylic acids is 1. The second-order valence-electron chi connectivity index (χ2n) is 7.49. The number of nitrogens with zero attached hydrogens (tertiary/aromatic N) is 2. The number of nitrogens with two attached hydrogens (primary N) is 1. The molecular formula is C20H21FN4O3. The summed E-state index contributed by atoms with van der Waals surface area (Å²) in [4.78, 5) is 18.6. The lowest BCUT2D eigenvalue weighted by Crippen LogP contribution is -2.61. The number of likely N-dealkylation sites (N-methyl/N-ethyl adjacent to an activating group) is 1. The van der Waals surface area contributed by atoms with Gasteiger partial charge in [0.15, 0.2) is 0 Å². The van der Waals surface area contributed by atoms with E-state index in [2.05, 4.69) is 10.3 Å². The number of pyridine rings is 1. The topological polar surface area (TPSA) is 89.7 Å². The van der Waals surface area contributed by atoms with E-state index in [1.54, 1.807) is 37.4 Å². The van der Waals surface area contributed by atoms with E-state index in [0.29, 0.717) is 42.1 Å². The van der Waals surface area contributed by atoms with Crippen LogP contribution in [0.25, 0.3) is 11.1 Å². The number of hydrogen-bond donors (Lipinski definition) is 2. The van der Waals surface area contributed by atoms with Crippen molar-refractivity contribution in [3.8, 4) is 16.9 Å². The molecule has 7 nitrogen and oxygen atoms in total. The summed E-state index contributed by atoms with van der Waals surface area (Å²) in [6, 6.07) is 8.72. The van der Waals surface area contributed by atoms with Gasteiger partial charge in [-0.25, -0.2) is 4.98 Å². The van der Waals surface area contributed by atoms with Crippen molar-refractivity contribution in [2.75, 3.05) is 20.3 Å². The van der Waals surface area contributed by atoms with Crippen molar-refractivity contribution >= 4 is 5.91 Å². The number of fused-ring (bicyclic) bond motifs is 4. The van der Waals surface area contributed by atoms with Crippen LogP contribution in [0, 0.1) is 11.9 Å². The van der Waals surface area contributed by atoms with Crippen molar-refractivity contribution in [2.24, 2.45) is 11.7 Å². The second kappa shape index (κ2) is 6.23. The lowest BCUT2D eigenvalue weighted by atomic mass is 9.71. The van der Waals surface area contributed by atoms with Crippen LogP contribution in [0.3, 0.4) is 0 Å². The molecule has 28 heavy (non-hydrogen) atoms. The maximum atomic E-state index is 14.3. The van der Waals surface area contributed by atoms with Gasteiger partial charge in [0, 0.05) is 30.8 Å². The van der Waals surface area contributed by atoms with Crippen molar-refractivity contribution in [3.05, 3.63) is 48.0 Å². The standard InChI is InChI=1S/C20H21FN4O3/c1-25-18(26)20(24-19(25)22)13-9-11(12-3-2-7-23-17(12)21)4-5-15(13)28-16-6-8-27-10-14(16)20/h2-5,7,9,14,16,19,24H,6,8,10,22H2,1H3/t14-,16-,19?,20-/m0/s1. The van der Waals surface area contributed by atoms with E-state index in [1.165, 1.54) is 11.1 Å². The van der Waals surface area contributed by atoms with Crippen LogP contribution in [0.5, 0.6) is 5.75 Å². The quantitative estimate of drug-likeness (QED) is 0.718. The van der Waals surface area contributed by atoms with Gasteiger partial charge < -0.3 is 14.4 Å². The molecule has 1 unspecified atom stereocenters. The van der Waals surface area contributed by atoms with Gasteiger partial charge in [-0.3, -0.25) is 15.8 Å². The molecule has 1 aromatic carbocycles. The molecule has 2 saturated heterocycles. The zero-order valence-electron chi connectivity index (χ0n) is 15.4. The highest BCUT2D eigenvalue weighted by molar-refractivity contribution is 5.92. The Hall–Kier alpha value is -2.55. The molecule has 4 heterocycles. The van der Waals surface area contributed by atoms with Crippen molar-refractivity contribution in [1.82, 2.24) is 15.2 Å². The third-order valence-electron chi connectivity index (χ3n) is 6.05. The predicted molar refractivity (Wildman–Crippen MR) is 98.5 cm³/mol. The number of halogens is 1. The molecule has 0 radical (unpaired) electrons. The minimum atomic E-state index is -1.07. The molecule has 1 amide bonds. The first-order chi connectivity index (χ1) is 13.5. The van der Waals surface area contributed by atoms with Crippen LogP contribution in [-0.2, 0) is 15.1 Å². The number of carbonyl (C=O) groups is 1. The molecule has 3 aliphatic rings. The Morgan fingerprint density at radius 2 is 2.25 bits per heavy atom. The Bertz CT molecular complexity index is 955. The van der Waals surface area contributed by atoms with Gasteiger partial charge in [0.05, 0.1) is 19.1 Å². The molecule has 2 fully saturated rings. The van der Waals surface area contributed by atoms with Gasteiger partial charge in [-0.1, -0.05) is 6.07 Å². The number of amides is 1. The highest BCUT2D eigenvalue weighted by Gasteiger charge is 2.61. The van der Waals surface area contributed by atoms with E-state index < -0.39 is 17.8 Å². The molecule has 1 spiro atoms. The fraction of sp³-hybridized carbons (Fsp3) is 0.400. The monoisotopic (exact) mass is 384 g/mol. The summed E-state index contributed by atoms with van der Waals surface area (Å²) >= 11 is 0. The Balaban J connectivity index is 1.71. The summed E-state index contributed by atoms with van der Waals surface area (Å²) in [5.41, 5.74) is 6.75. The van der Waals surface area contributed by atoms with Crippen LogP contribution in [-0.4, -0.2) is 48.4 Å². The first-order valence-corrected chi connectivity index (χ1v) is 9.32. The molecule has 8 heteroatoms. The lowest BCUT2D eigenvalue weighted by molar-refractivity contribution is -0.142. The summed E-state index contributed by atoms with van der Waals surface area (Å²) in [5.74, 6) is -0.314. The average molecular weight is 384 g/mol. The van der Waals surface area contributed by atoms with Crippen LogP contribution >= 0.6 is 0 Å². The third kappa shape index (κ3) is 2.32. The molecule has 2 aromatic rings. The molecule has 0 aliphatic carbocycles. The van der Waals surface area contributed by atoms with Crippen molar-refractivity contribution in [2.45, 2.75) is 24.4 Å². The Labute approximate surface area is 161 Å². The summed E-state index contributed by atoms with van der Waals surface area (Å²) in [6.07, 6.45) is 1.32. The lowest BCUT2D eigenvalue weighted by Gasteiger charge is -2.47. The molecule has 4 atom stereocenters. The van der Waals surface area contributed by atoms with E-state index in [1.807, 2.05) is 0 Å². The highest BCUT2D eigenvalue weighted by atomic mass is 19.1. The predicted octanol–water partition coefficient (Wildman–Crippen LogP) is 1.18. The van der Waals surface area contributed by atoms with Crippen molar-refractivity contribution < 1.29 is 18.7 Å². The average Bonchev–Trinajstić information content (AvgIpc) is 2.93. The molecule has 1 aromatic heterocycles. The summed E-state index contributed by atoms with van der Waals surface area (Å²) in [5, 5.41) is 3.30. The fourth-order valence-electron chi connectivity index (χ4n) is 4.59. The van der Waals surface area contributed by atoms with Gasteiger partial charge in [-0.05, 0) is 29.8 Å². The van der Waals surface area contributed by atoms with Gasteiger partial charge in [0.2, 0.25) is 11.9 Å². The van der Waals surface area contributed by atoms with Gasteiger partial charge >= 0.3 is 0 Å².